The van der Waals surface area contributed by atoms with E-state index in [9.17, 15) is 0 Å². The normalized spacial score (nSPS) is 10.7. The van der Waals surface area contributed by atoms with Crippen LogP contribution in [0.25, 0.3) is 5.57 Å². The molecule has 0 aromatic heterocycles. The zero-order chi connectivity index (χ0) is 14.4. The molecule has 0 radical (unpaired) electrons. The molecular weight excluding hydrogens is 228 g/mol. The van der Waals surface area contributed by atoms with E-state index in [1.54, 1.807) is 0 Å². The molecule has 0 fully saturated rings. The average Bonchev–Trinajstić information content (AvgIpc) is 2.30. The summed E-state index contributed by atoms with van der Waals surface area (Å²) >= 11 is 0. The lowest BCUT2D eigenvalue weighted by Gasteiger charge is -2.12. The lowest BCUT2D eigenvalue weighted by Crippen LogP contribution is -1.94. The maximum absolute atomic E-state index is 3.56. The van der Waals surface area contributed by atoms with Crippen LogP contribution in [0.1, 0.15) is 57.2 Å². The van der Waals surface area contributed by atoms with Crippen LogP contribution in [0.2, 0.25) is 0 Å². The van der Waals surface area contributed by atoms with E-state index in [0.717, 1.165) is 12.8 Å². The number of allylic oxidation sites excluding steroid dienone is 1. The first kappa shape index (κ1) is 15.8. The smallest absolute Gasteiger partial charge is 0.00140 e. The highest BCUT2D eigenvalue weighted by molar-refractivity contribution is 5.68. The predicted molar refractivity (Wildman–Crippen MR) is 86.3 cm³/mol. The summed E-state index contributed by atoms with van der Waals surface area (Å²) in [4.78, 5) is 0. The van der Waals surface area contributed by atoms with Gasteiger partial charge in [-0.3, -0.25) is 0 Å². The van der Waals surface area contributed by atoms with Gasteiger partial charge in [0.25, 0.3) is 0 Å². The van der Waals surface area contributed by atoms with E-state index in [2.05, 4.69) is 71.5 Å². The first-order valence-corrected chi connectivity index (χ1v) is 7.41. The van der Waals surface area contributed by atoms with E-state index in [1.165, 1.54) is 22.3 Å². The molecule has 104 valence electrons. The molecule has 0 spiro atoms. The van der Waals surface area contributed by atoms with E-state index in [1.807, 2.05) is 0 Å². The van der Waals surface area contributed by atoms with Gasteiger partial charge in [0.1, 0.15) is 0 Å². The van der Waals surface area contributed by atoms with Crippen molar-refractivity contribution in [2.45, 2.75) is 54.4 Å². The van der Waals surface area contributed by atoms with Crippen LogP contribution in [0.5, 0.6) is 0 Å². The van der Waals surface area contributed by atoms with Gasteiger partial charge in [-0.05, 0) is 55.7 Å². The summed E-state index contributed by atoms with van der Waals surface area (Å²) in [6.07, 6.45) is 4.41. The van der Waals surface area contributed by atoms with E-state index in [0.29, 0.717) is 11.8 Å². The molecule has 0 bridgehead atoms. The van der Waals surface area contributed by atoms with Gasteiger partial charge < -0.3 is 0 Å². The zero-order valence-corrected chi connectivity index (χ0v) is 13.4. The highest BCUT2D eigenvalue weighted by Crippen LogP contribution is 2.25. The number of hydrogen-bond acceptors (Lipinski definition) is 0. The highest BCUT2D eigenvalue weighted by Gasteiger charge is 2.07. The topological polar surface area (TPSA) is 0 Å². The number of hydrogen-bond donors (Lipinski definition) is 0. The molecule has 0 unspecified atom stereocenters. The minimum Gasteiger partial charge on any atom is -0.121 e. The van der Waals surface area contributed by atoms with Gasteiger partial charge in [-0.15, -0.1) is 5.73 Å². The summed E-state index contributed by atoms with van der Waals surface area (Å²) in [5.74, 6) is 1.36. The molecule has 0 aliphatic rings. The van der Waals surface area contributed by atoms with Crippen molar-refractivity contribution in [3.05, 3.63) is 46.7 Å². The number of rotatable bonds is 5. The summed E-state index contributed by atoms with van der Waals surface area (Å²) < 4.78 is 0. The molecule has 0 aliphatic heterocycles. The third-order valence-corrected chi connectivity index (χ3v) is 3.20. The largest absolute Gasteiger partial charge is 0.121 e. The second-order valence-corrected chi connectivity index (χ2v) is 6.37. The molecule has 1 aromatic rings. The summed E-state index contributed by atoms with van der Waals surface area (Å²) in [5.41, 5.74) is 8.97. The van der Waals surface area contributed by atoms with Gasteiger partial charge in [-0.25, -0.2) is 0 Å². The molecule has 1 rings (SSSR count). The van der Waals surface area contributed by atoms with E-state index in [-0.39, 0.29) is 0 Å². The third kappa shape index (κ3) is 5.49. The quantitative estimate of drug-likeness (QED) is 0.572. The Morgan fingerprint density at radius 3 is 2.37 bits per heavy atom. The van der Waals surface area contributed by atoms with E-state index < -0.39 is 0 Å². The summed E-state index contributed by atoms with van der Waals surface area (Å²) in [6, 6.07) is 6.70. The van der Waals surface area contributed by atoms with Gasteiger partial charge in [0.15, 0.2) is 0 Å². The van der Waals surface area contributed by atoms with Crippen molar-refractivity contribution < 1.29 is 0 Å². The average molecular weight is 256 g/mol. The van der Waals surface area contributed by atoms with Crippen LogP contribution in [-0.4, -0.2) is 0 Å². The molecule has 19 heavy (non-hydrogen) atoms. The van der Waals surface area contributed by atoms with Crippen LogP contribution in [-0.2, 0) is 0 Å². The van der Waals surface area contributed by atoms with Crippen LogP contribution in [0.3, 0.4) is 0 Å². The van der Waals surface area contributed by atoms with Crippen molar-refractivity contribution in [2.75, 3.05) is 0 Å². The van der Waals surface area contributed by atoms with E-state index >= 15 is 0 Å². The fourth-order valence-corrected chi connectivity index (χ4v) is 2.13. The zero-order valence-electron chi connectivity index (χ0n) is 13.4. The molecule has 1 aromatic carbocycles. The minimum absolute atomic E-state index is 0.662. The van der Waals surface area contributed by atoms with Gasteiger partial charge in [-0.2, -0.15) is 0 Å². The first-order chi connectivity index (χ1) is 8.90. The fraction of sp³-hybridized carbons (Fsp3) is 0.526. The summed E-state index contributed by atoms with van der Waals surface area (Å²) in [7, 11) is 0. The number of benzene rings is 1. The van der Waals surface area contributed by atoms with Gasteiger partial charge in [0.05, 0.1) is 0 Å². The standard InChI is InChI=1S/C19H28/c1-14(2)8-7-9-18(12-15(3)4)19-13-16(5)10-11-17(19)6/h7,10-11,13-15H,8,12H2,1-6H3. The van der Waals surface area contributed by atoms with Crippen LogP contribution in [0.15, 0.2) is 30.0 Å². The van der Waals surface area contributed by atoms with Crippen LogP contribution in [0, 0.1) is 25.7 Å². The summed E-state index contributed by atoms with van der Waals surface area (Å²) in [5, 5.41) is 0. The Hall–Kier alpha value is -1.26. The second-order valence-electron chi connectivity index (χ2n) is 6.37. The fourth-order valence-electron chi connectivity index (χ4n) is 2.13. The van der Waals surface area contributed by atoms with Crippen molar-refractivity contribution in [1.82, 2.24) is 0 Å². The first-order valence-electron chi connectivity index (χ1n) is 7.41. The van der Waals surface area contributed by atoms with Crippen LogP contribution >= 0.6 is 0 Å². The van der Waals surface area contributed by atoms with Gasteiger partial charge in [0.2, 0.25) is 0 Å². The van der Waals surface area contributed by atoms with Gasteiger partial charge in [0, 0.05) is 5.57 Å². The Morgan fingerprint density at radius 1 is 1.11 bits per heavy atom. The van der Waals surface area contributed by atoms with Gasteiger partial charge >= 0.3 is 0 Å². The monoisotopic (exact) mass is 256 g/mol. The molecular formula is C19H28. The maximum atomic E-state index is 3.56. The Balaban J connectivity index is 3.16. The molecule has 0 N–H and O–H groups in total. The van der Waals surface area contributed by atoms with Crippen LogP contribution in [0.4, 0.5) is 0 Å². The Labute approximate surface area is 119 Å². The molecule has 0 amide bonds. The van der Waals surface area contributed by atoms with Crippen molar-refractivity contribution in [2.24, 2.45) is 11.8 Å². The van der Waals surface area contributed by atoms with Crippen molar-refractivity contribution in [1.29, 1.82) is 0 Å². The molecule has 0 saturated carbocycles. The van der Waals surface area contributed by atoms with Crippen molar-refractivity contribution >= 4 is 5.57 Å². The van der Waals surface area contributed by atoms with Crippen LogP contribution < -0.4 is 0 Å². The summed E-state index contributed by atoms with van der Waals surface area (Å²) in [6.45, 7) is 13.4. The Bertz CT molecular complexity index is 469. The third-order valence-electron chi connectivity index (χ3n) is 3.20. The molecule has 0 heteroatoms. The Morgan fingerprint density at radius 2 is 1.79 bits per heavy atom. The Kier molecular flexibility index (Phi) is 6.12. The number of aryl methyl sites for hydroxylation is 2. The predicted octanol–water partition coefficient (Wildman–Crippen LogP) is 5.93. The minimum atomic E-state index is 0.662. The maximum Gasteiger partial charge on any atom is 0.00140 e. The van der Waals surface area contributed by atoms with Crippen molar-refractivity contribution in [3.63, 3.8) is 0 Å². The highest BCUT2D eigenvalue weighted by atomic mass is 14.1. The molecule has 0 nitrogen and oxygen atoms in total. The van der Waals surface area contributed by atoms with Gasteiger partial charge in [-0.1, -0.05) is 51.5 Å². The second kappa shape index (κ2) is 7.36. The SMILES string of the molecule is Cc1ccc(C)c(C(=C=CCC(C)C)CC(C)C)c1. The lowest BCUT2D eigenvalue weighted by atomic mass is 9.92. The molecule has 0 heterocycles. The molecule has 0 aliphatic carbocycles. The molecule has 0 atom stereocenters. The molecule has 0 saturated heterocycles. The van der Waals surface area contributed by atoms with E-state index in [4.69, 9.17) is 0 Å². The van der Waals surface area contributed by atoms with Crippen molar-refractivity contribution in [3.8, 4) is 0 Å². The lowest BCUT2D eigenvalue weighted by molar-refractivity contribution is 0.662.